The zero-order chi connectivity index (χ0) is 46.8. The zero-order valence-electron chi connectivity index (χ0n) is 41.2. The average molecular weight is 912 g/mol. The van der Waals surface area contributed by atoms with Gasteiger partial charge in [-0.3, -0.25) is 4.79 Å². The van der Waals surface area contributed by atoms with Crippen LogP contribution in [0.15, 0.2) is 53.8 Å². The Morgan fingerprint density at radius 2 is 1.71 bits per heavy atom. The van der Waals surface area contributed by atoms with Gasteiger partial charge in [0.1, 0.15) is 21.5 Å². The number of hydrogen-bond acceptors (Lipinski definition) is 9. The Kier molecular flexibility index (Phi) is 13.1. The van der Waals surface area contributed by atoms with Crippen molar-refractivity contribution in [3.8, 4) is 11.9 Å². The zero-order valence-corrected chi connectivity index (χ0v) is 42.0. The molecule has 0 aromatic carbocycles. The monoisotopic (exact) mass is 912 g/mol. The van der Waals surface area contributed by atoms with E-state index in [-0.39, 0.29) is 44.8 Å². The lowest BCUT2D eigenvalue weighted by atomic mass is 9.33. The van der Waals surface area contributed by atoms with Gasteiger partial charge in [-0.15, -0.1) is 0 Å². The van der Waals surface area contributed by atoms with Crippen LogP contribution in [-0.2, 0) is 19.4 Å². The van der Waals surface area contributed by atoms with Crippen molar-refractivity contribution < 1.29 is 27.8 Å². The molecule has 2 N–H and O–H groups in total. The maximum atomic E-state index is 13.0. The van der Waals surface area contributed by atoms with E-state index in [1.54, 1.807) is 18.3 Å². The van der Waals surface area contributed by atoms with Crippen molar-refractivity contribution in [1.29, 1.82) is 5.26 Å². The molecule has 10 heteroatoms. The molecule has 0 saturated heterocycles. The van der Waals surface area contributed by atoms with Crippen LogP contribution in [0.4, 0.5) is 0 Å². The number of nitrogens with one attached hydrogen (secondary N) is 1. The van der Waals surface area contributed by atoms with E-state index in [1.165, 1.54) is 67.9 Å². The normalized spacial score (nSPS) is 41.0. The van der Waals surface area contributed by atoms with Gasteiger partial charge in [-0.1, -0.05) is 58.9 Å². The summed E-state index contributed by atoms with van der Waals surface area (Å²) in [5.41, 5.74) is 4.10. The highest BCUT2D eigenvalue weighted by Crippen LogP contribution is 2.76. The van der Waals surface area contributed by atoms with E-state index in [1.807, 2.05) is 6.92 Å². The number of esters is 1. The van der Waals surface area contributed by atoms with Crippen LogP contribution < -0.4 is 10.1 Å². The second-order valence-corrected chi connectivity index (χ2v) is 26.3. The molecule has 5 fully saturated rings. The smallest absolute Gasteiger partial charge is 0.306 e. The molecule has 7 aliphatic rings. The fourth-order valence-electron chi connectivity index (χ4n) is 16.8. The topological polar surface area (TPSA) is 139 Å². The molecule has 9 nitrogen and oxygen atoms in total. The van der Waals surface area contributed by atoms with Crippen LogP contribution in [0.2, 0.25) is 0 Å². The predicted octanol–water partition coefficient (Wildman–Crippen LogP) is 11.0. The van der Waals surface area contributed by atoms with Crippen molar-refractivity contribution in [2.45, 2.75) is 180 Å². The molecule has 7 aliphatic carbocycles. The first-order valence-corrected chi connectivity index (χ1v) is 27.4. The highest BCUT2D eigenvalue weighted by molar-refractivity contribution is 7.91. The van der Waals surface area contributed by atoms with E-state index in [0.717, 1.165) is 32.2 Å². The minimum absolute atomic E-state index is 0.00145. The van der Waals surface area contributed by atoms with Gasteiger partial charge in [0.15, 0.2) is 0 Å². The fraction of sp³-hybridized carbons (Fsp3) is 0.764. The highest BCUT2D eigenvalue weighted by atomic mass is 32.2. The third-order valence-electron chi connectivity index (χ3n) is 20.5. The maximum Gasteiger partial charge on any atom is 0.306 e. The number of nitriles is 1. The second kappa shape index (κ2) is 17.5. The molecule has 1 aromatic rings. The molecule has 1 aromatic heterocycles. The Hall–Kier alpha value is -3.00. The Bertz CT molecular complexity index is 2220. The molecule has 358 valence electrons. The summed E-state index contributed by atoms with van der Waals surface area (Å²) in [5.74, 6) is 2.95. The minimum Gasteiger partial charge on any atom is -0.476 e. The SMILES string of the molecule is C=C(C)[C@@H]1CC[C@]2(NCCC3(O)CCC(S(C)(=O)=O)CC3)CC[C@]3(C)[C@H](CC[C@@H]4[C@@]5(C)CC=C(C6=CC[C@](COc7ncccc7C#N)(CC(=O)OCC)CC6)C(C)(C)[C@@H]5CC[C@]43C)[C@@H]12. The summed E-state index contributed by atoms with van der Waals surface area (Å²) in [6, 6.07) is 5.64. The summed E-state index contributed by atoms with van der Waals surface area (Å²) in [7, 11) is -3.08. The molecule has 1 heterocycles. The maximum absolute atomic E-state index is 13.0. The highest BCUT2D eigenvalue weighted by Gasteiger charge is 2.70. The Balaban J connectivity index is 1.00. The number of nitrogens with zero attached hydrogens (tertiary/aromatic N) is 2. The van der Waals surface area contributed by atoms with E-state index in [0.29, 0.717) is 92.8 Å². The summed E-state index contributed by atoms with van der Waals surface area (Å²) in [5, 5.41) is 25.2. The summed E-state index contributed by atoms with van der Waals surface area (Å²) in [6.07, 6.45) is 24.4. The van der Waals surface area contributed by atoms with Gasteiger partial charge in [0, 0.05) is 23.4 Å². The largest absolute Gasteiger partial charge is 0.476 e. The van der Waals surface area contributed by atoms with Gasteiger partial charge in [-0.2, -0.15) is 5.26 Å². The number of fused-ring (bicyclic) bond motifs is 7. The number of rotatable bonds is 13. The molecule has 0 amide bonds. The molecular formula is C55H81N3O6S. The summed E-state index contributed by atoms with van der Waals surface area (Å²) in [4.78, 5) is 17.4. The average Bonchev–Trinajstić information content (AvgIpc) is 3.63. The number of carbonyl (C=O) groups excluding carboxylic acids is 1. The summed E-state index contributed by atoms with van der Waals surface area (Å²) in [6.45, 7) is 23.3. The lowest BCUT2D eigenvalue weighted by molar-refractivity contribution is -0.221. The van der Waals surface area contributed by atoms with Gasteiger partial charge in [-0.05, 0) is 204 Å². The van der Waals surface area contributed by atoms with Gasteiger partial charge in [0.25, 0.3) is 0 Å². The molecule has 65 heavy (non-hydrogen) atoms. The first kappa shape index (κ1) is 48.5. The van der Waals surface area contributed by atoms with Crippen LogP contribution in [0, 0.1) is 68.0 Å². The molecule has 5 saturated carbocycles. The number of allylic oxidation sites excluding steroid dienone is 5. The van der Waals surface area contributed by atoms with Crippen LogP contribution in [0.3, 0.4) is 0 Å². The first-order chi connectivity index (χ1) is 30.6. The molecule has 10 atom stereocenters. The van der Waals surface area contributed by atoms with Crippen molar-refractivity contribution in [2.75, 3.05) is 26.0 Å². The Labute approximate surface area is 392 Å². The van der Waals surface area contributed by atoms with Crippen LogP contribution in [-0.4, -0.2) is 66.9 Å². The standard InChI is InChI=1S/C55H81N3O6S/c1-10-63-46(59)34-53(36-64-48-39(35-56)12-11-32-57-48)24-15-38(16-25-53)42-20-22-50(6)44(49(42,4)5)21-23-52(8)45(50)14-13-43-47-41(37(2)3)19-28-55(47,30-29-51(43,52)7)58-33-31-54(60)26-17-40(18-27-54)65(9,61)62/h11-12,15,20,32,40-41,43-45,47,58,60H,2,10,13-14,16-19,21-31,33-34,36H2,1,3-9H3/t40?,41-,43+,44-,45+,47+,50-,51+,52+,53+,54?,55-/m0/s1. The molecular weight excluding hydrogens is 831 g/mol. The van der Waals surface area contributed by atoms with E-state index < -0.39 is 20.9 Å². The van der Waals surface area contributed by atoms with Crippen LogP contribution in [0.5, 0.6) is 5.88 Å². The number of sulfone groups is 1. The van der Waals surface area contributed by atoms with Gasteiger partial charge >= 0.3 is 5.97 Å². The first-order valence-electron chi connectivity index (χ1n) is 25.4. The lowest BCUT2D eigenvalue weighted by Crippen LogP contribution is -2.68. The van der Waals surface area contributed by atoms with Crippen molar-refractivity contribution in [3.05, 3.63) is 59.3 Å². The number of ether oxygens (including phenoxy) is 2. The number of aliphatic hydroxyl groups is 1. The molecule has 0 spiro atoms. The molecule has 0 unspecified atom stereocenters. The summed E-state index contributed by atoms with van der Waals surface area (Å²) >= 11 is 0. The van der Waals surface area contributed by atoms with E-state index in [4.69, 9.17) is 9.47 Å². The Morgan fingerprint density at radius 3 is 2.37 bits per heavy atom. The van der Waals surface area contributed by atoms with Gasteiger partial charge in [0.2, 0.25) is 5.88 Å². The Morgan fingerprint density at radius 1 is 0.954 bits per heavy atom. The molecule has 0 bridgehead atoms. The van der Waals surface area contributed by atoms with Crippen molar-refractivity contribution in [1.82, 2.24) is 10.3 Å². The van der Waals surface area contributed by atoms with Crippen LogP contribution in [0.1, 0.15) is 170 Å². The van der Waals surface area contributed by atoms with Crippen molar-refractivity contribution in [2.24, 2.45) is 56.7 Å². The number of carbonyl (C=O) groups is 1. The second-order valence-electron chi connectivity index (χ2n) is 24.0. The van der Waals surface area contributed by atoms with Crippen LogP contribution in [0.25, 0.3) is 0 Å². The third kappa shape index (κ3) is 8.40. The third-order valence-corrected chi connectivity index (χ3v) is 22.1. The lowest BCUT2D eigenvalue weighted by Gasteiger charge is -2.72. The molecule has 0 radical (unpaired) electrons. The van der Waals surface area contributed by atoms with E-state index >= 15 is 0 Å². The van der Waals surface area contributed by atoms with E-state index in [9.17, 15) is 23.6 Å². The van der Waals surface area contributed by atoms with Crippen molar-refractivity contribution >= 4 is 15.8 Å². The molecule has 0 aliphatic heterocycles. The van der Waals surface area contributed by atoms with Crippen molar-refractivity contribution in [3.63, 3.8) is 0 Å². The quantitative estimate of drug-likeness (QED) is 0.146. The molecule has 8 rings (SSSR count). The number of pyridine rings is 1. The fourth-order valence-corrected chi connectivity index (χ4v) is 17.9. The number of hydrogen-bond donors (Lipinski definition) is 2. The number of aromatic nitrogens is 1. The van der Waals surface area contributed by atoms with Crippen LogP contribution >= 0.6 is 0 Å². The predicted molar refractivity (Wildman–Crippen MR) is 257 cm³/mol. The summed E-state index contributed by atoms with van der Waals surface area (Å²) < 4.78 is 36.2. The van der Waals surface area contributed by atoms with E-state index in [2.05, 4.69) is 76.6 Å². The van der Waals surface area contributed by atoms with Gasteiger partial charge < -0.3 is 19.9 Å². The van der Waals surface area contributed by atoms with Gasteiger partial charge in [0.05, 0.1) is 30.5 Å². The van der Waals surface area contributed by atoms with Gasteiger partial charge in [-0.25, -0.2) is 13.4 Å². The minimum atomic E-state index is -3.08.